The maximum absolute atomic E-state index is 13.3. The minimum atomic E-state index is -4.56. The van der Waals surface area contributed by atoms with Crippen LogP contribution >= 0.6 is 0 Å². The molecule has 4 nitrogen and oxygen atoms in total. The predicted molar refractivity (Wildman–Crippen MR) is 90.1 cm³/mol. The van der Waals surface area contributed by atoms with Gasteiger partial charge in [-0.15, -0.1) is 0 Å². The van der Waals surface area contributed by atoms with Crippen LogP contribution in [-0.2, 0) is 6.18 Å². The van der Waals surface area contributed by atoms with Gasteiger partial charge >= 0.3 is 6.18 Å². The zero-order valence-corrected chi connectivity index (χ0v) is 13.9. The van der Waals surface area contributed by atoms with E-state index < -0.39 is 29.3 Å². The number of benzene rings is 2. The molecule has 28 heavy (non-hydrogen) atoms. The first kappa shape index (κ1) is 19.3. The molecule has 0 spiro atoms. The second-order valence-electron chi connectivity index (χ2n) is 5.57. The Morgan fingerprint density at radius 1 is 0.964 bits per heavy atom. The molecule has 3 aromatic rings. The molecule has 0 saturated carbocycles. The summed E-state index contributed by atoms with van der Waals surface area (Å²) in [5.74, 6) is -3.41. The van der Waals surface area contributed by atoms with Gasteiger partial charge in [0.05, 0.1) is 5.56 Å². The molecule has 2 aromatic carbocycles. The van der Waals surface area contributed by atoms with Gasteiger partial charge in [-0.05, 0) is 42.5 Å². The van der Waals surface area contributed by atoms with Gasteiger partial charge in [0.15, 0.2) is 11.6 Å². The second-order valence-corrected chi connectivity index (χ2v) is 5.57. The van der Waals surface area contributed by atoms with Crippen molar-refractivity contribution in [2.45, 2.75) is 6.18 Å². The molecule has 0 saturated heterocycles. The van der Waals surface area contributed by atoms with Crippen LogP contribution in [0.5, 0.6) is 11.6 Å². The number of carbonyl (C=O) groups is 1. The Labute approximate surface area is 155 Å². The summed E-state index contributed by atoms with van der Waals surface area (Å²) < 4.78 is 70.1. The van der Waals surface area contributed by atoms with Gasteiger partial charge in [0.25, 0.3) is 5.91 Å². The highest BCUT2D eigenvalue weighted by molar-refractivity contribution is 6.05. The van der Waals surface area contributed by atoms with Crippen LogP contribution in [0.3, 0.4) is 0 Å². The molecule has 1 amide bonds. The number of halogens is 5. The van der Waals surface area contributed by atoms with Gasteiger partial charge in [-0.25, -0.2) is 13.8 Å². The molecule has 0 aliphatic carbocycles. The fourth-order valence-electron chi connectivity index (χ4n) is 2.26. The molecular formula is C19H11F5N2O2. The summed E-state index contributed by atoms with van der Waals surface area (Å²) in [5, 5.41) is 2.34. The van der Waals surface area contributed by atoms with Crippen LogP contribution in [0, 0.1) is 11.6 Å². The topological polar surface area (TPSA) is 51.2 Å². The van der Waals surface area contributed by atoms with Crippen LogP contribution in [0.25, 0.3) is 0 Å². The number of rotatable bonds is 4. The lowest BCUT2D eigenvalue weighted by molar-refractivity contribution is -0.137. The third-order valence-electron chi connectivity index (χ3n) is 3.57. The summed E-state index contributed by atoms with van der Waals surface area (Å²) in [5.41, 5.74) is -1.05. The van der Waals surface area contributed by atoms with Crippen molar-refractivity contribution < 1.29 is 31.5 Å². The van der Waals surface area contributed by atoms with E-state index in [1.54, 1.807) is 0 Å². The van der Waals surface area contributed by atoms with Gasteiger partial charge in [-0.2, -0.15) is 13.2 Å². The Hall–Kier alpha value is -3.49. The van der Waals surface area contributed by atoms with Crippen molar-refractivity contribution in [3.63, 3.8) is 0 Å². The molecule has 0 atom stereocenters. The fourth-order valence-corrected chi connectivity index (χ4v) is 2.26. The van der Waals surface area contributed by atoms with Crippen molar-refractivity contribution in [2.75, 3.05) is 5.32 Å². The number of nitrogens with zero attached hydrogens (tertiary/aromatic N) is 1. The minimum absolute atomic E-state index is 0.0160. The predicted octanol–water partition coefficient (Wildman–Crippen LogP) is 5.42. The number of anilines is 1. The number of hydrogen-bond donors (Lipinski definition) is 1. The van der Waals surface area contributed by atoms with Crippen molar-refractivity contribution in [1.82, 2.24) is 4.98 Å². The lowest BCUT2D eigenvalue weighted by atomic mass is 10.2. The van der Waals surface area contributed by atoms with Crippen LogP contribution in [0.2, 0.25) is 0 Å². The maximum atomic E-state index is 13.3. The molecule has 1 heterocycles. The van der Waals surface area contributed by atoms with Crippen LogP contribution in [0.1, 0.15) is 15.9 Å². The van der Waals surface area contributed by atoms with Crippen molar-refractivity contribution in [3.05, 3.63) is 83.6 Å². The number of aromatic nitrogens is 1. The van der Waals surface area contributed by atoms with E-state index in [0.29, 0.717) is 0 Å². The van der Waals surface area contributed by atoms with Crippen molar-refractivity contribution in [2.24, 2.45) is 0 Å². The Morgan fingerprint density at radius 3 is 2.46 bits per heavy atom. The largest absolute Gasteiger partial charge is 0.438 e. The van der Waals surface area contributed by atoms with Gasteiger partial charge in [0.1, 0.15) is 11.3 Å². The van der Waals surface area contributed by atoms with E-state index in [0.717, 1.165) is 36.4 Å². The van der Waals surface area contributed by atoms with E-state index in [-0.39, 0.29) is 22.9 Å². The molecule has 0 fully saturated rings. The summed E-state index contributed by atoms with van der Waals surface area (Å²) in [6.07, 6.45) is -3.27. The van der Waals surface area contributed by atoms with Crippen molar-refractivity contribution >= 4 is 11.6 Å². The van der Waals surface area contributed by atoms with E-state index in [9.17, 15) is 26.7 Å². The van der Waals surface area contributed by atoms with Crippen molar-refractivity contribution in [1.29, 1.82) is 0 Å². The Morgan fingerprint density at radius 2 is 1.75 bits per heavy atom. The van der Waals surface area contributed by atoms with Crippen LogP contribution in [0.15, 0.2) is 60.8 Å². The fraction of sp³-hybridized carbons (Fsp3) is 0.0526. The standard InChI is InChI=1S/C19H11F5N2O2/c20-15-7-6-12(10-16(15)21)26-17(27)14-5-2-8-25-18(14)28-13-4-1-3-11(9-13)19(22,23)24/h1-10H,(H,26,27). The molecule has 0 radical (unpaired) electrons. The number of ether oxygens (including phenoxy) is 1. The third kappa shape index (κ3) is 4.43. The van der Waals surface area contributed by atoms with Crippen LogP contribution < -0.4 is 10.1 Å². The summed E-state index contributed by atoms with van der Waals surface area (Å²) >= 11 is 0. The smallest absolute Gasteiger partial charge is 0.416 e. The number of alkyl halides is 3. The lowest BCUT2D eigenvalue weighted by Crippen LogP contribution is -2.14. The van der Waals surface area contributed by atoms with Crippen LogP contribution in [0.4, 0.5) is 27.6 Å². The summed E-state index contributed by atoms with van der Waals surface area (Å²) in [4.78, 5) is 16.3. The number of hydrogen-bond acceptors (Lipinski definition) is 3. The summed E-state index contributed by atoms with van der Waals surface area (Å²) in [6.45, 7) is 0. The number of amides is 1. The molecule has 1 aromatic heterocycles. The van der Waals surface area contributed by atoms with Crippen molar-refractivity contribution in [3.8, 4) is 11.6 Å². The first-order valence-electron chi connectivity index (χ1n) is 7.80. The molecular weight excluding hydrogens is 383 g/mol. The molecule has 0 aliphatic heterocycles. The number of pyridine rings is 1. The highest BCUT2D eigenvalue weighted by Gasteiger charge is 2.30. The van der Waals surface area contributed by atoms with E-state index >= 15 is 0 Å². The first-order chi connectivity index (χ1) is 13.2. The maximum Gasteiger partial charge on any atom is 0.416 e. The highest BCUT2D eigenvalue weighted by atomic mass is 19.4. The first-order valence-corrected chi connectivity index (χ1v) is 7.80. The molecule has 0 aliphatic rings. The van der Waals surface area contributed by atoms with Gasteiger partial charge in [-0.1, -0.05) is 6.07 Å². The minimum Gasteiger partial charge on any atom is -0.438 e. The molecule has 0 unspecified atom stereocenters. The van der Waals surface area contributed by atoms with Gasteiger partial charge in [-0.3, -0.25) is 4.79 Å². The van der Waals surface area contributed by atoms with E-state index in [2.05, 4.69) is 10.3 Å². The lowest BCUT2D eigenvalue weighted by Gasteiger charge is -2.12. The second kappa shape index (κ2) is 7.63. The Balaban J connectivity index is 1.85. The van der Waals surface area contributed by atoms with E-state index in [4.69, 9.17) is 4.74 Å². The average molecular weight is 394 g/mol. The number of carbonyl (C=O) groups excluding carboxylic acids is 1. The molecule has 0 bridgehead atoms. The number of nitrogens with one attached hydrogen (secondary N) is 1. The average Bonchev–Trinajstić information content (AvgIpc) is 2.65. The third-order valence-corrected chi connectivity index (χ3v) is 3.57. The summed E-state index contributed by atoms with van der Waals surface area (Å²) in [6, 6.07) is 9.60. The van der Waals surface area contributed by atoms with Crippen LogP contribution in [-0.4, -0.2) is 10.9 Å². The quantitative estimate of drug-likeness (QED) is 0.601. The normalized spacial score (nSPS) is 11.2. The Bertz CT molecular complexity index is 1020. The molecule has 144 valence electrons. The van der Waals surface area contributed by atoms with E-state index in [1.165, 1.54) is 24.4 Å². The zero-order valence-electron chi connectivity index (χ0n) is 13.9. The van der Waals surface area contributed by atoms with Gasteiger partial charge in [0.2, 0.25) is 5.88 Å². The molecule has 3 rings (SSSR count). The highest BCUT2D eigenvalue weighted by Crippen LogP contribution is 2.33. The van der Waals surface area contributed by atoms with Gasteiger partial charge < -0.3 is 10.1 Å². The van der Waals surface area contributed by atoms with Gasteiger partial charge in [0, 0.05) is 18.0 Å². The Kier molecular flexibility index (Phi) is 5.25. The zero-order chi connectivity index (χ0) is 20.3. The summed E-state index contributed by atoms with van der Waals surface area (Å²) in [7, 11) is 0. The van der Waals surface area contributed by atoms with E-state index in [1.807, 2.05) is 0 Å². The monoisotopic (exact) mass is 394 g/mol. The molecule has 9 heteroatoms. The molecule has 1 N–H and O–H groups in total. The SMILES string of the molecule is O=C(Nc1ccc(F)c(F)c1)c1cccnc1Oc1cccc(C(F)(F)F)c1.